The van der Waals surface area contributed by atoms with Crippen LogP contribution >= 0.6 is 11.3 Å². The first-order chi connectivity index (χ1) is 8.27. The molecule has 1 nitrogen and oxygen atoms in total. The van der Waals surface area contributed by atoms with Gasteiger partial charge in [-0.15, -0.1) is 11.3 Å². The van der Waals surface area contributed by atoms with E-state index in [0.717, 1.165) is 6.54 Å². The van der Waals surface area contributed by atoms with Crippen LogP contribution in [-0.2, 0) is 5.41 Å². The highest BCUT2D eigenvalue weighted by molar-refractivity contribution is 7.19. The second kappa shape index (κ2) is 4.11. The molecule has 1 aromatic heterocycles. The number of hydrogen-bond donors (Lipinski definition) is 1. The fourth-order valence-electron chi connectivity index (χ4n) is 3.28. The molecule has 17 heavy (non-hydrogen) atoms. The Labute approximate surface area is 107 Å². The number of likely N-dealkylation sites (N-methyl/N-ethyl adjacent to an activating group) is 1. The molecule has 1 aromatic carbocycles. The van der Waals surface area contributed by atoms with E-state index in [4.69, 9.17) is 0 Å². The van der Waals surface area contributed by atoms with E-state index in [0.29, 0.717) is 5.41 Å². The van der Waals surface area contributed by atoms with E-state index in [1.54, 1.807) is 5.56 Å². The van der Waals surface area contributed by atoms with E-state index < -0.39 is 0 Å². The molecule has 0 amide bonds. The Morgan fingerprint density at radius 2 is 2.06 bits per heavy atom. The fraction of sp³-hybridized carbons (Fsp3) is 0.467. The van der Waals surface area contributed by atoms with Crippen molar-refractivity contribution in [1.29, 1.82) is 0 Å². The molecule has 2 heteroatoms. The minimum Gasteiger partial charge on any atom is -0.319 e. The van der Waals surface area contributed by atoms with Crippen molar-refractivity contribution in [3.05, 3.63) is 34.7 Å². The van der Waals surface area contributed by atoms with Crippen LogP contribution in [0.25, 0.3) is 10.1 Å². The number of hydrogen-bond acceptors (Lipinski definition) is 2. The molecule has 0 bridgehead atoms. The lowest BCUT2D eigenvalue weighted by atomic mass is 9.63. The molecule has 0 spiro atoms. The molecule has 0 saturated heterocycles. The number of rotatable bonds is 3. The zero-order valence-electron chi connectivity index (χ0n) is 10.5. The van der Waals surface area contributed by atoms with Crippen LogP contribution in [0.15, 0.2) is 24.3 Å². The van der Waals surface area contributed by atoms with Crippen LogP contribution in [0.2, 0.25) is 0 Å². The summed E-state index contributed by atoms with van der Waals surface area (Å²) in [6.07, 6.45) is 4.07. The van der Waals surface area contributed by atoms with E-state index in [1.165, 1.54) is 34.2 Å². The van der Waals surface area contributed by atoms with Gasteiger partial charge in [-0.05, 0) is 43.8 Å². The Morgan fingerprint density at radius 3 is 2.71 bits per heavy atom. The van der Waals surface area contributed by atoms with Crippen molar-refractivity contribution in [3.63, 3.8) is 0 Å². The van der Waals surface area contributed by atoms with Crippen molar-refractivity contribution in [2.24, 2.45) is 0 Å². The quantitative estimate of drug-likeness (QED) is 0.866. The predicted octanol–water partition coefficient (Wildman–Crippen LogP) is 3.85. The standard InChI is InChI=1S/C15H19NS/c1-11-14(15(10-16-2)8-5-9-15)12-6-3-4-7-13(12)17-11/h3-4,6-7,16H,5,8-10H2,1-2H3. The summed E-state index contributed by atoms with van der Waals surface area (Å²) in [7, 11) is 2.07. The molecular weight excluding hydrogens is 226 g/mol. The van der Waals surface area contributed by atoms with Gasteiger partial charge in [0.05, 0.1) is 0 Å². The zero-order valence-corrected chi connectivity index (χ0v) is 11.4. The predicted molar refractivity (Wildman–Crippen MR) is 76.0 cm³/mol. The molecule has 1 aliphatic rings. The largest absolute Gasteiger partial charge is 0.319 e. The number of fused-ring (bicyclic) bond motifs is 1. The maximum Gasteiger partial charge on any atom is 0.0348 e. The Morgan fingerprint density at radius 1 is 1.29 bits per heavy atom. The van der Waals surface area contributed by atoms with Gasteiger partial charge in [-0.25, -0.2) is 0 Å². The second-order valence-corrected chi connectivity index (χ2v) is 6.45. The molecule has 0 unspecified atom stereocenters. The maximum absolute atomic E-state index is 3.40. The van der Waals surface area contributed by atoms with Crippen LogP contribution in [0.4, 0.5) is 0 Å². The Balaban J connectivity index is 2.18. The third-order valence-corrected chi connectivity index (χ3v) is 5.21. The molecule has 1 fully saturated rings. The van der Waals surface area contributed by atoms with Crippen molar-refractivity contribution in [3.8, 4) is 0 Å². The minimum atomic E-state index is 0.415. The molecule has 2 aromatic rings. The van der Waals surface area contributed by atoms with Crippen LogP contribution in [0.5, 0.6) is 0 Å². The first-order valence-electron chi connectivity index (χ1n) is 6.40. The van der Waals surface area contributed by atoms with Gasteiger partial charge in [-0.2, -0.15) is 0 Å². The van der Waals surface area contributed by atoms with Gasteiger partial charge in [0.25, 0.3) is 0 Å². The molecule has 1 saturated carbocycles. The van der Waals surface area contributed by atoms with Gasteiger partial charge in [-0.1, -0.05) is 24.6 Å². The fourth-order valence-corrected chi connectivity index (χ4v) is 4.47. The van der Waals surface area contributed by atoms with E-state index in [9.17, 15) is 0 Å². The molecule has 0 radical (unpaired) electrons. The first-order valence-corrected chi connectivity index (χ1v) is 7.22. The second-order valence-electron chi connectivity index (χ2n) is 5.19. The van der Waals surface area contributed by atoms with E-state index in [-0.39, 0.29) is 0 Å². The average molecular weight is 245 g/mol. The topological polar surface area (TPSA) is 12.0 Å². The van der Waals surface area contributed by atoms with Gasteiger partial charge in [0.1, 0.15) is 0 Å². The lowest BCUT2D eigenvalue weighted by molar-refractivity contribution is 0.241. The Kier molecular flexibility index (Phi) is 2.72. The van der Waals surface area contributed by atoms with E-state index >= 15 is 0 Å². The van der Waals surface area contributed by atoms with Gasteiger partial charge in [0.2, 0.25) is 0 Å². The van der Waals surface area contributed by atoms with Gasteiger partial charge < -0.3 is 5.32 Å². The van der Waals surface area contributed by atoms with Gasteiger partial charge in [0, 0.05) is 21.5 Å². The van der Waals surface area contributed by atoms with Crippen LogP contribution in [0, 0.1) is 6.92 Å². The molecular formula is C15H19NS. The average Bonchev–Trinajstić information content (AvgIpc) is 2.60. The Hall–Kier alpha value is -0.860. The van der Waals surface area contributed by atoms with Crippen molar-refractivity contribution >= 4 is 21.4 Å². The molecule has 1 N–H and O–H groups in total. The molecule has 0 atom stereocenters. The normalized spacial score (nSPS) is 18.2. The van der Waals surface area contributed by atoms with Crippen molar-refractivity contribution in [2.75, 3.05) is 13.6 Å². The van der Waals surface area contributed by atoms with Crippen molar-refractivity contribution < 1.29 is 0 Å². The third kappa shape index (κ3) is 1.62. The number of benzene rings is 1. The molecule has 1 aliphatic carbocycles. The summed E-state index contributed by atoms with van der Waals surface area (Å²) in [4.78, 5) is 1.51. The molecule has 90 valence electrons. The third-order valence-electron chi connectivity index (χ3n) is 4.13. The highest BCUT2D eigenvalue weighted by Gasteiger charge is 2.40. The summed E-state index contributed by atoms with van der Waals surface area (Å²) in [6.45, 7) is 3.41. The summed E-state index contributed by atoms with van der Waals surface area (Å²) in [6, 6.07) is 8.86. The maximum atomic E-state index is 3.40. The minimum absolute atomic E-state index is 0.415. The van der Waals surface area contributed by atoms with E-state index in [1.807, 2.05) is 11.3 Å². The zero-order chi connectivity index (χ0) is 11.9. The van der Waals surface area contributed by atoms with Gasteiger partial charge in [-0.3, -0.25) is 0 Å². The van der Waals surface area contributed by atoms with Gasteiger partial charge >= 0.3 is 0 Å². The van der Waals surface area contributed by atoms with Gasteiger partial charge in [0.15, 0.2) is 0 Å². The number of thiophene rings is 1. The summed E-state index contributed by atoms with van der Waals surface area (Å²) in [5.74, 6) is 0. The summed E-state index contributed by atoms with van der Waals surface area (Å²) >= 11 is 1.95. The van der Waals surface area contributed by atoms with Crippen molar-refractivity contribution in [1.82, 2.24) is 5.32 Å². The van der Waals surface area contributed by atoms with Crippen LogP contribution < -0.4 is 5.32 Å². The molecule has 1 heterocycles. The highest BCUT2D eigenvalue weighted by Crippen LogP contribution is 2.49. The summed E-state index contributed by atoms with van der Waals surface area (Å²) in [5.41, 5.74) is 2.04. The number of aryl methyl sites for hydroxylation is 1. The first kappa shape index (κ1) is 11.2. The smallest absolute Gasteiger partial charge is 0.0348 e. The summed E-state index contributed by atoms with van der Waals surface area (Å²) in [5, 5.41) is 4.89. The highest BCUT2D eigenvalue weighted by atomic mass is 32.1. The lowest BCUT2D eigenvalue weighted by Crippen LogP contribution is -2.43. The monoisotopic (exact) mass is 245 g/mol. The van der Waals surface area contributed by atoms with Crippen molar-refractivity contribution in [2.45, 2.75) is 31.6 Å². The SMILES string of the molecule is CNCC1(c2c(C)sc3ccccc23)CCC1. The van der Waals surface area contributed by atoms with Crippen LogP contribution in [0.1, 0.15) is 29.7 Å². The molecule has 3 rings (SSSR count). The summed E-state index contributed by atoms with van der Waals surface area (Å²) < 4.78 is 1.45. The molecule has 0 aliphatic heterocycles. The lowest BCUT2D eigenvalue weighted by Gasteiger charge is -2.42. The van der Waals surface area contributed by atoms with Crippen LogP contribution in [-0.4, -0.2) is 13.6 Å². The number of nitrogens with one attached hydrogen (secondary N) is 1. The van der Waals surface area contributed by atoms with Crippen LogP contribution in [0.3, 0.4) is 0 Å². The van der Waals surface area contributed by atoms with E-state index in [2.05, 4.69) is 43.6 Å². The Bertz CT molecular complexity index is 537.